The molecule has 1 saturated heterocycles. The van der Waals surface area contributed by atoms with Crippen LogP contribution in [0.15, 0.2) is 18.6 Å². The molecule has 104 valence electrons. The molecule has 0 amide bonds. The minimum Gasteiger partial charge on any atom is -0.356 e. The maximum Gasteiger partial charge on any atom is 0.142 e. The highest BCUT2D eigenvalue weighted by Crippen LogP contribution is 2.33. The van der Waals surface area contributed by atoms with Crippen molar-refractivity contribution >= 4 is 29.3 Å². The third-order valence-corrected chi connectivity index (χ3v) is 4.10. The van der Waals surface area contributed by atoms with Crippen molar-refractivity contribution in [3.63, 3.8) is 0 Å². The van der Waals surface area contributed by atoms with E-state index in [1.165, 1.54) is 0 Å². The van der Waals surface area contributed by atoms with E-state index in [4.69, 9.17) is 5.73 Å². The fourth-order valence-corrected chi connectivity index (χ4v) is 2.57. The third kappa shape index (κ3) is 2.53. The average Bonchev–Trinajstić information content (AvgIpc) is 2.88. The van der Waals surface area contributed by atoms with Crippen LogP contribution in [-0.2, 0) is 0 Å². The Balaban J connectivity index is 0.00000133. The monoisotopic (exact) mass is 281 g/mol. The number of hydrogen-bond donors (Lipinski definition) is 2. The van der Waals surface area contributed by atoms with Crippen molar-refractivity contribution in [2.75, 3.05) is 24.5 Å². The number of fused-ring (bicyclic) bond motifs is 1. The van der Waals surface area contributed by atoms with Gasteiger partial charge in [0.25, 0.3) is 0 Å². The predicted octanol–water partition coefficient (Wildman–Crippen LogP) is 1.94. The molecule has 2 aromatic heterocycles. The number of piperidine rings is 1. The van der Waals surface area contributed by atoms with Crippen LogP contribution in [-0.4, -0.2) is 34.6 Å². The quantitative estimate of drug-likeness (QED) is 0.883. The van der Waals surface area contributed by atoms with Gasteiger partial charge in [-0.2, -0.15) is 0 Å². The molecule has 0 aromatic carbocycles. The first-order valence-electron chi connectivity index (χ1n) is 6.45. The number of halogens is 1. The molecule has 0 bridgehead atoms. The number of hydrogen-bond acceptors (Lipinski definition) is 4. The number of nitrogens with two attached hydrogens (primary N) is 1. The first-order chi connectivity index (χ1) is 8.72. The molecule has 3 rings (SSSR count). The lowest BCUT2D eigenvalue weighted by atomic mass is 9.80. The SMILES string of the molecule is CC1(CN)CCN(c2ncnc3[nH]ccc23)CC1.Cl. The fraction of sp³-hybridized carbons (Fsp3) is 0.538. The minimum atomic E-state index is 0. The van der Waals surface area contributed by atoms with Crippen LogP contribution >= 0.6 is 12.4 Å². The van der Waals surface area contributed by atoms with E-state index in [2.05, 4.69) is 26.8 Å². The van der Waals surface area contributed by atoms with Crippen LogP contribution in [0.5, 0.6) is 0 Å². The van der Waals surface area contributed by atoms with Crippen molar-refractivity contribution in [2.45, 2.75) is 19.8 Å². The molecule has 19 heavy (non-hydrogen) atoms. The first-order valence-corrected chi connectivity index (χ1v) is 6.45. The first kappa shape index (κ1) is 14.1. The van der Waals surface area contributed by atoms with Crippen LogP contribution < -0.4 is 10.6 Å². The standard InChI is InChI=1S/C13H19N5.ClH/c1-13(8-14)3-6-18(7-4-13)12-10-2-5-15-11(10)16-9-17-12;/h2,5,9H,3-4,6-8,14H2,1H3,(H,15,16,17);1H. The van der Waals surface area contributed by atoms with Crippen molar-refractivity contribution in [3.8, 4) is 0 Å². The highest BCUT2D eigenvalue weighted by Gasteiger charge is 2.29. The van der Waals surface area contributed by atoms with Crippen molar-refractivity contribution < 1.29 is 0 Å². The van der Waals surface area contributed by atoms with Crippen molar-refractivity contribution in [1.29, 1.82) is 0 Å². The number of H-pyrrole nitrogens is 1. The molecule has 3 N–H and O–H groups in total. The summed E-state index contributed by atoms with van der Waals surface area (Å²) in [7, 11) is 0. The molecule has 0 atom stereocenters. The highest BCUT2D eigenvalue weighted by atomic mass is 35.5. The molecule has 1 fully saturated rings. The van der Waals surface area contributed by atoms with Gasteiger partial charge >= 0.3 is 0 Å². The van der Waals surface area contributed by atoms with E-state index >= 15 is 0 Å². The van der Waals surface area contributed by atoms with Gasteiger partial charge in [-0.15, -0.1) is 12.4 Å². The van der Waals surface area contributed by atoms with Gasteiger partial charge in [-0.25, -0.2) is 9.97 Å². The highest BCUT2D eigenvalue weighted by molar-refractivity contribution is 5.87. The summed E-state index contributed by atoms with van der Waals surface area (Å²) in [5.74, 6) is 1.04. The van der Waals surface area contributed by atoms with Crippen LogP contribution in [0.1, 0.15) is 19.8 Å². The summed E-state index contributed by atoms with van der Waals surface area (Å²) >= 11 is 0. The Morgan fingerprint density at radius 3 is 2.79 bits per heavy atom. The van der Waals surface area contributed by atoms with Crippen LogP contribution in [0.3, 0.4) is 0 Å². The average molecular weight is 282 g/mol. The Hall–Kier alpha value is -1.33. The van der Waals surface area contributed by atoms with Gasteiger partial charge in [-0.3, -0.25) is 0 Å². The van der Waals surface area contributed by atoms with Gasteiger partial charge in [-0.05, 0) is 30.9 Å². The number of anilines is 1. The van der Waals surface area contributed by atoms with Gasteiger partial charge in [0.1, 0.15) is 17.8 Å². The summed E-state index contributed by atoms with van der Waals surface area (Å²) < 4.78 is 0. The molecule has 6 heteroatoms. The van der Waals surface area contributed by atoms with E-state index in [0.29, 0.717) is 5.41 Å². The summed E-state index contributed by atoms with van der Waals surface area (Å²) in [5, 5.41) is 1.11. The molecular weight excluding hydrogens is 262 g/mol. The van der Waals surface area contributed by atoms with E-state index in [9.17, 15) is 0 Å². The molecule has 1 aliphatic heterocycles. The largest absolute Gasteiger partial charge is 0.356 e. The molecular formula is C13H20ClN5. The Bertz CT molecular complexity index is 545. The van der Waals surface area contributed by atoms with Gasteiger partial charge in [0, 0.05) is 19.3 Å². The molecule has 3 heterocycles. The maximum atomic E-state index is 5.85. The van der Waals surface area contributed by atoms with Crippen molar-refractivity contribution in [1.82, 2.24) is 15.0 Å². The topological polar surface area (TPSA) is 70.8 Å². The Morgan fingerprint density at radius 2 is 2.11 bits per heavy atom. The fourth-order valence-electron chi connectivity index (χ4n) is 2.57. The van der Waals surface area contributed by atoms with Gasteiger partial charge in [0.15, 0.2) is 0 Å². The normalized spacial score (nSPS) is 18.3. The zero-order valence-electron chi connectivity index (χ0n) is 11.1. The van der Waals surface area contributed by atoms with Gasteiger partial charge in [0.05, 0.1) is 5.39 Å². The number of nitrogens with one attached hydrogen (secondary N) is 1. The van der Waals surface area contributed by atoms with Gasteiger partial charge in [0.2, 0.25) is 0 Å². The molecule has 5 nitrogen and oxygen atoms in total. The van der Waals surface area contributed by atoms with Crippen LogP contribution in [0.2, 0.25) is 0 Å². The van der Waals surface area contributed by atoms with Crippen LogP contribution in [0.4, 0.5) is 5.82 Å². The lowest BCUT2D eigenvalue weighted by molar-refractivity contribution is 0.258. The number of nitrogens with zero attached hydrogens (tertiary/aromatic N) is 3. The third-order valence-electron chi connectivity index (χ3n) is 4.10. The van der Waals surface area contributed by atoms with Gasteiger partial charge in [-0.1, -0.05) is 6.92 Å². The molecule has 0 spiro atoms. The molecule has 1 aliphatic rings. The second-order valence-corrected chi connectivity index (χ2v) is 5.44. The van der Waals surface area contributed by atoms with Crippen LogP contribution in [0, 0.1) is 5.41 Å². The summed E-state index contributed by atoms with van der Waals surface area (Å²) in [6, 6.07) is 2.04. The van der Waals surface area contributed by atoms with Gasteiger partial charge < -0.3 is 15.6 Å². The molecule has 2 aromatic rings. The number of aromatic nitrogens is 3. The molecule has 0 radical (unpaired) electrons. The Kier molecular flexibility index (Phi) is 3.96. The lowest BCUT2D eigenvalue weighted by Crippen LogP contribution is -2.42. The van der Waals surface area contributed by atoms with Crippen LogP contribution in [0.25, 0.3) is 11.0 Å². The van der Waals surface area contributed by atoms with Crippen molar-refractivity contribution in [2.24, 2.45) is 11.1 Å². The smallest absolute Gasteiger partial charge is 0.142 e. The number of rotatable bonds is 2. The molecule has 0 unspecified atom stereocenters. The second-order valence-electron chi connectivity index (χ2n) is 5.44. The summed E-state index contributed by atoms with van der Waals surface area (Å²) in [6.07, 6.45) is 5.79. The van der Waals surface area contributed by atoms with E-state index in [1.807, 2.05) is 12.3 Å². The Labute approximate surface area is 119 Å². The zero-order chi connectivity index (χ0) is 12.6. The number of aromatic amines is 1. The predicted molar refractivity (Wildman–Crippen MR) is 79.7 cm³/mol. The summed E-state index contributed by atoms with van der Waals surface area (Å²) in [5.41, 5.74) is 7.05. The maximum absolute atomic E-state index is 5.85. The lowest BCUT2D eigenvalue weighted by Gasteiger charge is -2.39. The Morgan fingerprint density at radius 1 is 1.37 bits per heavy atom. The van der Waals surface area contributed by atoms with Crippen molar-refractivity contribution in [3.05, 3.63) is 18.6 Å². The van der Waals surface area contributed by atoms with E-state index in [0.717, 1.165) is 49.3 Å². The summed E-state index contributed by atoms with van der Waals surface area (Å²) in [4.78, 5) is 14.1. The summed E-state index contributed by atoms with van der Waals surface area (Å²) in [6.45, 7) is 5.08. The van der Waals surface area contributed by atoms with E-state index < -0.39 is 0 Å². The minimum absolute atomic E-state index is 0. The zero-order valence-corrected chi connectivity index (χ0v) is 11.9. The second kappa shape index (κ2) is 5.35. The van der Waals surface area contributed by atoms with E-state index in [1.54, 1.807) is 6.33 Å². The molecule has 0 aliphatic carbocycles. The molecule has 0 saturated carbocycles. The van der Waals surface area contributed by atoms with E-state index in [-0.39, 0.29) is 12.4 Å².